The number of anilines is 2. The van der Waals surface area contributed by atoms with E-state index in [9.17, 15) is 18.8 Å². The average Bonchev–Trinajstić information content (AvgIpc) is 2.69. The molecule has 3 rings (SSSR count). The molecule has 0 aromatic heterocycles. The lowest BCUT2D eigenvalue weighted by atomic mass is 10.1. The van der Waals surface area contributed by atoms with Gasteiger partial charge in [-0.2, -0.15) is 0 Å². The highest BCUT2D eigenvalue weighted by Gasteiger charge is 2.18. The Hall–Kier alpha value is -3.22. The first-order chi connectivity index (χ1) is 13.6. The van der Waals surface area contributed by atoms with Gasteiger partial charge in [0.2, 0.25) is 6.41 Å². The van der Waals surface area contributed by atoms with Crippen LogP contribution in [0.4, 0.5) is 15.8 Å². The molecule has 0 spiro atoms. The Balaban J connectivity index is 1.86. The molecule has 2 amide bonds. The normalized spacial score (nSPS) is 14.8. The van der Waals surface area contributed by atoms with Crippen molar-refractivity contribution < 1.29 is 18.8 Å². The van der Waals surface area contributed by atoms with Crippen molar-refractivity contribution >= 4 is 30.0 Å². The van der Waals surface area contributed by atoms with Gasteiger partial charge in [0.05, 0.1) is 11.4 Å². The largest absolute Gasteiger partial charge is 0.368 e. The topological polar surface area (TPSA) is 69.7 Å². The fraction of sp³-hybridized carbons (Fsp3) is 0.286. The summed E-state index contributed by atoms with van der Waals surface area (Å²) in [6.07, 6.45) is 3.39. The fourth-order valence-corrected chi connectivity index (χ4v) is 3.24. The van der Waals surface area contributed by atoms with Crippen LogP contribution in [0.25, 0.3) is 0 Å². The quantitative estimate of drug-likeness (QED) is 0.806. The van der Waals surface area contributed by atoms with Gasteiger partial charge in [0, 0.05) is 37.3 Å². The Morgan fingerprint density at radius 3 is 2.43 bits per heavy atom. The maximum atomic E-state index is 13.1. The molecule has 1 saturated heterocycles. The predicted octanol–water partition coefficient (Wildman–Crippen LogP) is 2.95. The third kappa shape index (κ3) is 4.73. The van der Waals surface area contributed by atoms with Crippen LogP contribution >= 0.6 is 0 Å². The standard InChI is InChI=1S/C21H22FN3O3/c22-18-6-4-17(5-7-18)21(28)23-19-13-16(14-26)3-8-20(19)25-10-2-1-9-24(15-27)11-12-25/h3-8,13-15H,1-2,9-12H2,(H,23,28). The molecule has 1 fully saturated rings. The summed E-state index contributed by atoms with van der Waals surface area (Å²) < 4.78 is 13.1. The van der Waals surface area contributed by atoms with E-state index in [1.165, 1.54) is 24.3 Å². The number of rotatable bonds is 5. The second-order valence-corrected chi connectivity index (χ2v) is 6.69. The van der Waals surface area contributed by atoms with Crippen LogP contribution in [0.15, 0.2) is 42.5 Å². The molecule has 1 aliphatic heterocycles. The van der Waals surface area contributed by atoms with Gasteiger partial charge in [-0.3, -0.25) is 14.4 Å². The second kappa shape index (κ2) is 9.12. The number of hydrogen-bond acceptors (Lipinski definition) is 4. The van der Waals surface area contributed by atoms with E-state index in [4.69, 9.17) is 0 Å². The van der Waals surface area contributed by atoms with Gasteiger partial charge in [-0.05, 0) is 55.3 Å². The highest BCUT2D eigenvalue weighted by Crippen LogP contribution is 2.28. The molecule has 0 saturated carbocycles. The number of benzene rings is 2. The first-order valence-corrected chi connectivity index (χ1v) is 9.21. The van der Waals surface area contributed by atoms with E-state index in [0.29, 0.717) is 29.9 Å². The summed E-state index contributed by atoms with van der Waals surface area (Å²) in [5.74, 6) is -0.800. The number of nitrogens with zero attached hydrogens (tertiary/aromatic N) is 2. The summed E-state index contributed by atoms with van der Waals surface area (Å²) in [6, 6.07) is 10.4. The van der Waals surface area contributed by atoms with Gasteiger partial charge >= 0.3 is 0 Å². The minimum absolute atomic E-state index is 0.323. The molecule has 6 nitrogen and oxygen atoms in total. The second-order valence-electron chi connectivity index (χ2n) is 6.69. The number of hydrogen-bond donors (Lipinski definition) is 1. The van der Waals surface area contributed by atoms with Crippen LogP contribution in [0.3, 0.4) is 0 Å². The zero-order valence-corrected chi connectivity index (χ0v) is 15.4. The van der Waals surface area contributed by atoms with E-state index >= 15 is 0 Å². The molecule has 0 bridgehead atoms. The lowest BCUT2D eigenvalue weighted by Crippen LogP contribution is -2.38. The number of amides is 2. The van der Waals surface area contributed by atoms with E-state index in [0.717, 1.165) is 44.3 Å². The van der Waals surface area contributed by atoms with Crippen LogP contribution in [-0.4, -0.2) is 49.7 Å². The van der Waals surface area contributed by atoms with Gasteiger partial charge in [0.15, 0.2) is 0 Å². The maximum Gasteiger partial charge on any atom is 0.255 e. The van der Waals surface area contributed by atoms with E-state index in [2.05, 4.69) is 10.2 Å². The molecule has 146 valence electrons. The summed E-state index contributed by atoms with van der Waals surface area (Å²) in [7, 11) is 0. The maximum absolute atomic E-state index is 13.1. The van der Waals surface area contributed by atoms with Crippen molar-refractivity contribution in [3.05, 3.63) is 59.4 Å². The van der Waals surface area contributed by atoms with Crippen molar-refractivity contribution in [2.45, 2.75) is 12.8 Å². The Bertz CT molecular complexity index is 854. The predicted molar refractivity (Wildman–Crippen MR) is 105 cm³/mol. The average molecular weight is 383 g/mol. The van der Waals surface area contributed by atoms with Gasteiger partial charge < -0.3 is 15.1 Å². The van der Waals surface area contributed by atoms with Gasteiger partial charge in [-0.1, -0.05) is 0 Å². The Morgan fingerprint density at radius 1 is 0.964 bits per heavy atom. The molecule has 1 heterocycles. The first kappa shape index (κ1) is 19.5. The molecule has 0 aliphatic carbocycles. The smallest absolute Gasteiger partial charge is 0.255 e. The zero-order valence-electron chi connectivity index (χ0n) is 15.4. The number of halogens is 1. The molecule has 0 atom stereocenters. The van der Waals surface area contributed by atoms with Crippen molar-refractivity contribution in [1.82, 2.24) is 4.90 Å². The van der Waals surface area contributed by atoms with Crippen LogP contribution in [-0.2, 0) is 4.79 Å². The minimum Gasteiger partial charge on any atom is -0.368 e. The van der Waals surface area contributed by atoms with Crippen molar-refractivity contribution in [1.29, 1.82) is 0 Å². The molecule has 2 aromatic carbocycles. The van der Waals surface area contributed by atoms with Gasteiger partial charge in [-0.25, -0.2) is 4.39 Å². The van der Waals surface area contributed by atoms with Crippen molar-refractivity contribution in [2.75, 3.05) is 36.4 Å². The lowest BCUT2D eigenvalue weighted by Gasteiger charge is -2.32. The monoisotopic (exact) mass is 383 g/mol. The molecule has 28 heavy (non-hydrogen) atoms. The van der Waals surface area contributed by atoms with Gasteiger partial charge in [0.25, 0.3) is 5.91 Å². The van der Waals surface area contributed by atoms with Crippen molar-refractivity contribution in [2.24, 2.45) is 0 Å². The van der Waals surface area contributed by atoms with Crippen LogP contribution in [0.1, 0.15) is 33.6 Å². The van der Waals surface area contributed by atoms with E-state index in [1.54, 1.807) is 23.1 Å². The van der Waals surface area contributed by atoms with E-state index in [-0.39, 0.29) is 5.91 Å². The van der Waals surface area contributed by atoms with Crippen LogP contribution in [0.2, 0.25) is 0 Å². The number of aldehydes is 1. The summed E-state index contributed by atoms with van der Waals surface area (Å²) >= 11 is 0. The van der Waals surface area contributed by atoms with Crippen molar-refractivity contribution in [3.63, 3.8) is 0 Å². The molecule has 7 heteroatoms. The minimum atomic E-state index is -0.416. The van der Waals surface area contributed by atoms with Crippen LogP contribution < -0.4 is 10.2 Å². The van der Waals surface area contributed by atoms with Crippen LogP contribution in [0.5, 0.6) is 0 Å². The molecular formula is C21H22FN3O3. The number of carbonyl (C=O) groups is 3. The Labute approximate surface area is 162 Å². The van der Waals surface area contributed by atoms with E-state index < -0.39 is 5.82 Å². The summed E-state index contributed by atoms with van der Waals surface area (Å²) in [4.78, 5) is 38.8. The third-order valence-electron chi connectivity index (χ3n) is 4.78. The molecule has 2 aromatic rings. The lowest BCUT2D eigenvalue weighted by molar-refractivity contribution is -0.118. The molecule has 1 aliphatic rings. The summed E-state index contributed by atoms with van der Waals surface area (Å²) in [6.45, 7) is 2.74. The van der Waals surface area contributed by atoms with E-state index in [1.807, 2.05) is 0 Å². The SMILES string of the molecule is O=Cc1ccc(N2CCCCN(C=O)CC2)c(NC(=O)c2ccc(F)cc2)c1. The molecular weight excluding hydrogens is 361 g/mol. The third-order valence-corrected chi connectivity index (χ3v) is 4.78. The number of carbonyl (C=O) groups excluding carboxylic acids is 3. The fourth-order valence-electron chi connectivity index (χ4n) is 3.24. The zero-order chi connectivity index (χ0) is 19.9. The molecule has 1 N–H and O–H groups in total. The molecule has 0 radical (unpaired) electrons. The van der Waals surface area contributed by atoms with Gasteiger partial charge in [-0.15, -0.1) is 0 Å². The van der Waals surface area contributed by atoms with Crippen LogP contribution in [0, 0.1) is 5.82 Å². The summed E-state index contributed by atoms with van der Waals surface area (Å²) in [5, 5.41) is 2.83. The first-order valence-electron chi connectivity index (χ1n) is 9.21. The Morgan fingerprint density at radius 2 is 1.71 bits per heavy atom. The molecule has 0 unspecified atom stereocenters. The number of nitrogens with one attached hydrogen (secondary N) is 1. The highest BCUT2D eigenvalue weighted by atomic mass is 19.1. The Kier molecular flexibility index (Phi) is 6.37. The van der Waals surface area contributed by atoms with Crippen molar-refractivity contribution in [3.8, 4) is 0 Å². The van der Waals surface area contributed by atoms with Gasteiger partial charge in [0.1, 0.15) is 12.1 Å². The summed E-state index contributed by atoms with van der Waals surface area (Å²) in [5.41, 5.74) is 2.06. The highest BCUT2D eigenvalue weighted by molar-refractivity contribution is 6.06.